The van der Waals surface area contributed by atoms with E-state index in [0.29, 0.717) is 22.3 Å². The quantitative estimate of drug-likeness (QED) is 0.452. The predicted molar refractivity (Wildman–Crippen MR) is 125 cm³/mol. The number of ether oxygens (including phenoxy) is 1. The molecule has 0 saturated carbocycles. The molecule has 164 valence electrons. The molecule has 4 rings (SSSR count). The van der Waals surface area contributed by atoms with Crippen LogP contribution >= 0.6 is 0 Å². The van der Waals surface area contributed by atoms with Crippen LogP contribution in [0.2, 0.25) is 0 Å². The van der Waals surface area contributed by atoms with Crippen LogP contribution in [0.1, 0.15) is 22.4 Å². The van der Waals surface area contributed by atoms with Crippen LogP contribution in [-0.4, -0.2) is 32.8 Å². The molecular weight excluding hydrogens is 421 g/mol. The predicted octanol–water partition coefficient (Wildman–Crippen LogP) is 3.96. The number of halogens is 1. The Morgan fingerprint density at radius 2 is 2.15 bits per heavy atom. The highest BCUT2D eigenvalue weighted by atomic mass is 19.1. The van der Waals surface area contributed by atoms with Crippen molar-refractivity contribution in [1.29, 1.82) is 5.26 Å². The minimum absolute atomic E-state index is 0.0372. The number of fused-ring (bicyclic) bond motifs is 1. The van der Waals surface area contributed by atoms with E-state index in [9.17, 15) is 4.79 Å². The van der Waals surface area contributed by atoms with E-state index < -0.39 is 11.5 Å². The first-order chi connectivity index (χ1) is 16.0. The van der Waals surface area contributed by atoms with Crippen molar-refractivity contribution >= 4 is 28.8 Å². The number of aromatic nitrogens is 4. The Morgan fingerprint density at radius 1 is 1.33 bits per heavy atom. The Kier molecular flexibility index (Phi) is 5.98. The zero-order valence-electron chi connectivity index (χ0n) is 18.1. The van der Waals surface area contributed by atoms with Crippen LogP contribution in [0.3, 0.4) is 0 Å². The highest BCUT2D eigenvalue weighted by molar-refractivity contribution is 5.95. The van der Waals surface area contributed by atoms with E-state index in [0.717, 1.165) is 17.2 Å². The molecule has 0 unspecified atom stereocenters. The van der Waals surface area contributed by atoms with Crippen molar-refractivity contribution in [1.82, 2.24) is 19.1 Å². The molecule has 7 nitrogen and oxygen atoms in total. The molecule has 4 aromatic rings. The van der Waals surface area contributed by atoms with E-state index in [1.807, 2.05) is 24.3 Å². The van der Waals surface area contributed by atoms with Gasteiger partial charge in [0, 0.05) is 32.1 Å². The summed E-state index contributed by atoms with van der Waals surface area (Å²) in [6.07, 6.45) is 8.38. The summed E-state index contributed by atoms with van der Waals surface area (Å²) in [5, 5.41) is 9.09. The molecule has 0 bridgehead atoms. The van der Waals surface area contributed by atoms with Gasteiger partial charge in [0.15, 0.2) is 0 Å². The molecule has 3 aromatic heterocycles. The molecule has 0 aliphatic carbocycles. The molecule has 0 aliphatic rings. The minimum Gasteiger partial charge on any atom is -0.380 e. The van der Waals surface area contributed by atoms with Crippen molar-refractivity contribution in [2.75, 3.05) is 13.7 Å². The molecule has 0 saturated heterocycles. The van der Waals surface area contributed by atoms with Crippen LogP contribution in [0.15, 0.2) is 60.3 Å². The second kappa shape index (κ2) is 9.02. The van der Waals surface area contributed by atoms with Gasteiger partial charge >= 0.3 is 5.69 Å². The SMILES string of the molecule is C=Cc1ncc2c(c1C=C(COC)c1cccnc1)n(-c1ccc(C#N)cc1F)c(=O)n2C. The minimum atomic E-state index is -0.681. The van der Waals surface area contributed by atoms with Gasteiger partial charge < -0.3 is 4.74 Å². The maximum absolute atomic E-state index is 15.0. The van der Waals surface area contributed by atoms with Gasteiger partial charge in [0.2, 0.25) is 0 Å². The second-order valence-electron chi connectivity index (χ2n) is 7.29. The molecule has 0 aliphatic heterocycles. The first kappa shape index (κ1) is 21.9. The third-order valence-corrected chi connectivity index (χ3v) is 5.32. The largest absolute Gasteiger partial charge is 0.380 e. The molecule has 8 heteroatoms. The maximum Gasteiger partial charge on any atom is 0.333 e. The van der Waals surface area contributed by atoms with Crippen molar-refractivity contribution < 1.29 is 9.13 Å². The van der Waals surface area contributed by atoms with E-state index in [1.54, 1.807) is 38.8 Å². The summed E-state index contributed by atoms with van der Waals surface area (Å²) in [6, 6.07) is 9.63. The Morgan fingerprint density at radius 3 is 2.79 bits per heavy atom. The number of hydrogen-bond donors (Lipinski definition) is 0. The number of nitrogens with zero attached hydrogens (tertiary/aromatic N) is 5. The summed E-state index contributed by atoms with van der Waals surface area (Å²) in [4.78, 5) is 21.9. The molecule has 0 radical (unpaired) electrons. The zero-order valence-corrected chi connectivity index (χ0v) is 18.1. The average molecular weight is 441 g/mol. The van der Waals surface area contributed by atoms with Gasteiger partial charge in [0.1, 0.15) is 5.82 Å². The molecule has 1 aromatic carbocycles. The number of benzene rings is 1. The summed E-state index contributed by atoms with van der Waals surface area (Å²) in [6.45, 7) is 4.14. The van der Waals surface area contributed by atoms with Crippen molar-refractivity contribution in [2.45, 2.75) is 0 Å². The first-order valence-corrected chi connectivity index (χ1v) is 10.0. The summed E-state index contributed by atoms with van der Waals surface area (Å²) >= 11 is 0. The lowest BCUT2D eigenvalue weighted by Crippen LogP contribution is -2.21. The van der Waals surface area contributed by atoms with Gasteiger partial charge in [-0.1, -0.05) is 12.6 Å². The van der Waals surface area contributed by atoms with Crippen molar-refractivity contribution in [3.63, 3.8) is 0 Å². The lowest BCUT2D eigenvalue weighted by molar-refractivity contribution is 0.240. The van der Waals surface area contributed by atoms with Gasteiger partial charge in [-0.25, -0.2) is 9.18 Å². The van der Waals surface area contributed by atoms with Crippen LogP contribution < -0.4 is 5.69 Å². The molecule has 0 fully saturated rings. The number of imidazole rings is 1. The van der Waals surface area contributed by atoms with Crippen LogP contribution in [0.5, 0.6) is 0 Å². The number of pyridine rings is 2. The maximum atomic E-state index is 15.0. The number of methoxy groups -OCH3 is 1. The normalized spacial score (nSPS) is 11.5. The van der Waals surface area contributed by atoms with Gasteiger partial charge in [-0.15, -0.1) is 0 Å². The molecule has 33 heavy (non-hydrogen) atoms. The van der Waals surface area contributed by atoms with Gasteiger partial charge in [-0.3, -0.25) is 19.1 Å². The summed E-state index contributed by atoms with van der Waals surface area (Å²) in [5.74, 6) is -0.681. The van der Waals surface area contributed by atoms with E-state index in [1.165, 1.54) is 21.3 Å². The van der Waals surface area contributed by atoms with Crippen LogP contribution in [0.4, 0.5) is 4.39 Å². The monoisotopic (exact) mass is 441 g/mol. The Balaban J connectivity index is 2.11. The van der Waals surface area contributed by atoms with Gasteiger partial charge in [0.05, 0.1) is 46.9 Å². The van der Waals surface area contributed by atoms with Crippen LogP contribution in [0.25, 0.3) is 34.4 Å². The number of rotatable bonds is 6. The van der Waals surface area contributed by atoms with Crippen LogP contribution in [0, 0.1) is 17.1 Å². The third-order valence-electron chi connectivity index (χ3n) is 5.32. The molecule has 0 N–H and O–H groups in total. The summed E-state index contributed by atoms with van der Waals surface area (Å²) in [7, 11) is 3.19. The molecule has 3 heterocycles. The molecule has 0 atom stereocenters. The summed E-state index contributed by atoms with van der Waals surface area (Å²) < 4.78 is 23.1. The number of nitriles is 1. The fraction of sp³-hybridized carbons (Fsp3) is 0.120. The highest BCUT2D eigenvalue weighted by Gasteiger charge is 2.21. The molecule has 0 amide bonds. The molecular formula is C25H20FN5O2. The van der Waals surface area contributed by atoms with E-state index in [4.69, 9.17) is 10.00 Å². The number of hydrogen-bond acceptors (Lipinski definition) is 5. The third kappa shape index (κ3) is 3.86. The van der Waals surface area contributed by atoms with Crippen molar-refractivity contribution in [3.05, 3.63) is 94.2 Å². The average Bonchev–Trinajstić information content (AvgIpc) is 3.09. The highest BCUT2D eigenvalue weighted by Crippen LogP contribution is 2.29. The van der Waals surface area contributed by atoms with Gasteiger partial charge in [0.25, 0.3) is 0 Å². The fourth-order valence-corrected chi connectivity index (χ4v) is 3.73. The Bertz CT molecular complexity index is 1490. The first-order valence-electron chi connectivity index (χ1n) is 10.0. The van der Waals surface area contributed by atoms with Crippen molar-refractivity contribution in [3.8, 4) is 11.8 Å². The topological polar surface area (TPSA) is 85.7 Å². The Hall–Kier alpha value is -4.35. The fourth-order valence-electron chi connectivity index (χ4n) is 3.73. The smallest absolute Gasteiger partial charge is 0.333 e. The van der Waals surface area contributed by atoms with Gasteiger partial charge in [-0.05, 0) is 47.6 Å². The lowest BCUT2D eigenvalue weighted by Gasteiger charge is -2.12. The second-order valence-corrected chi connectivity index (χ2v) is 7.29. The van der Waals surface area contributed by atoms with Crippen molar-refractivity contribution in [2.24, 2.45) is 7.05 Å². The lowest BCUT2D eigenvalue weighted by atomic mass is 10.0. The Labute approximate surface area is 189 Å². The standard InChI is InChI=1S/C25H20FN5O2/c1-4-21-19(11-18(15-33-3)17-6-5-9-28-13-17)24-23(14-29-21)30(2)25(32)31(24)22-8-7-16(12-27)10-20(22)26/h4-11,13-14H,1,15H2,2-3H3. The zero-order chi connectivity index (χ0) is 23.5. The van der Waals surface area contributed by atoms with E-state index in [-0.39, 0.29) is 17.9 Å². The van der Waals surface area contributed by atoms with Gasteiger partial charge in [-0.2, -0.15) is 5.26 Å². The summed E-state index contributed by atoms with van der Waals surface area (Å²) in [5.41, 5.74) is 3.48. The van der Waals surface area contributed by atoms with E-state index in [2.05, 4.69) is 16.5 Å². The number of aryl methyl sites for hydroxylation is 1. The van der Waals surface area contributed by atoms with Crippen LogP contribution in [-0.2, 0) is 11.8 Å². The van der Waals surface area contributed by atoms with E-state index >= 15 is 4.39 Å². The molecule has 0 spiro atoms.